The van der Waals surface area contributed by atoms with Gasteiger partial charge >= 0.3 is 0 Å². The van der Waals surface area contributed by atoms with Crippen molar-refractivity contribution >= 4 is 18.1 Å². The number of nitrogen functional groups attached to an aromatic ring is 2. The van der Waals surface area contributed by atoms with Crippen LogP contribution in [0.1, 0.15) is 21.5 Å². The number of hydrogen-bond donors (Lipinski definition) is 2. The Hall–Kier alpha value is -2.83. The summed E-state index contributed by atoms with van der Waals surface area (Å²) >= 11 is 0. The van der Waals surface area contributed by atoms with Crippen LogP contribution in [0.25, 0.3) is 0 Å². The Morgan fingerprint density at radius 2 is 2.00 bits per heavy atom. The number of benzene rings is 1. The van der Waals surface area contributed by atoms with Gasteiger partial charge in [0.2, 0.25) is 5.95 Å². The molecular formula is C14H16N4O3. The molecule has 1 heterocycles. The van der Waals surface area contributed by atoms with Gasteiger partial charge in [0, 0.05) is 18.2 Å². The number of nitrogens with two attached hydrogens (primary N) is 2. The highest BCUT2D eigenvalue weighted by Gasteiger charge is 2.13. The molecule has 0 saturated carbocycles. The Kier molecular flexibility index (Phi) is 4.22. The summed E-state index contributed by atoms with van der Waals surface area (Å²) in [5.41, 5.74) is 13.2. The van der Waals surface area contributed by atoms with Gasteiger partial charge in [-0.05, 0) is 17.7 Å². The number of anilines is 2. The average Bonchev–Trinajstić information content (AvgIpc) is 2.49. The molecule has 0 aliphatic rings. The van der Waals surface area contributed by atoms with Crippen LogP contribution in [-0.2, 0) is 6.42 Å². The summed E-state index contributed by atoms with van der Waals surface area (Å²) in [6, 6.07) is 3.49. The minimum absolute atomic E-state index is 0.122. The van der Waals surface area contributed by atoms with E-state index in [0.29, 0.717) is 41.2 Å². The second-order valence-corrected chi connectivity index (χ2v) is 4.35. The second kappa shape index (κ2) is 6.08. The van der Waals surface area contributed by atoms with Gasteiger partial charge in [0.25, 0.3) is 0 Å². The van der Waals surface area contributed by atoms with Crippen LogP contribution in [0, 0.1) is 0 Å². The maximum atomic E-state index is 11.2. The summed E-state index contributed by atoms with van der Waals surface area (Å²) in [5.74, 6) is 1.31. The molecule has 21 heavy (non-hydrogen) atoms. The van der Waals surface area contributed by atoms with Crippen molar-refractivity contribution in [2.24, 2.45) is 0 Å². The number of carbonyl (C=O) groups excluding carboxylic acids is 1. The highest BCUT2D eigenvalue weighted by molar-refractivity contribution is 5.81. The van der Waals surface area contributed by atoms with E-state index in [1.807, 2.05) is 0 Å². The van der Waals surface area contributed by atoms with Crippen LogP contribution >= 0.6 is 0 Å². The number of aromatic nitrogens is 2. The van der Waals surface area contributed by atoms with Gasteiger partial charge < -0.3 is 20.9 Å². The Bertz CT molecular complexity index is 674. The minimum atomic E-state index is 0.122. The van der Waals surface area contributed by atoms with Crippen molar-refractivity contribution in [1.82, 2.24) is 9.97 Å². The van der Waals surface area contributed by atoms with E-state index >= 15 is 0 Å². The Balaban J connectivity index is 2.42. The molecule has 0 fully saturated rings. The third-order valence-corrected chi connectivity index (χ3v) is 3.01. The molecule has 7 nitrogen and oxygen atoms in total. The van der Waals surface area contributed by atoms with E-state index < -0.39 is 0 Å². The molecule has 0 atom stereocenters. The summed E-state index contributed by atoms with van der Waals surface area (Å²) in [6.07, 6.45) is 2.73. The first-order valence-electron chi connectivity index (χ1n) is 6.16. The van der Waals surface area contributed by atoms with Gasteiger partial charge in [0.1, 0.15) is 5.82 Å². The molecule has 7 heteroatoms. The zero-order valence-electron chi connectivity index (χ0n) is 11.8. The van der Waals surface area contributed by atoms with Crippen LogP contribution in [-0.4, -0.2) is 30.5 Å². The van der Waals surface area contributed by atoms with Crippen molar-refractivity contribution in [3.63, 3.8) is 0 Å². The van der Waals surface area contributed by atoms with Crippen molar-refractivity contribution in [3.05, 3.63) is 35.0 Å². The summed E-state index contributed by atoms with van der Waals surface area (Å²) in [6.45, 7) is 0. The van der Waals surface area contributed by atoms with Crippen LogP contribution in [0.15, 0.2) is 18.3 Å². The van der Waals surface area contributed by atoms with Crippen LogP contribution in [0.3, 0.4) is 0 Å². The molecule has 0 aliphatic heterocycles. The van der Waals surface area contributed by atoms with Gasteiger partial charge in [0.15, 0.2) is 17.8 Å². The molecule has 0 saturated heterocycles. The second-order valence-electron chi connectivity index (χ2n) is 4.35. The number of rotatable bonds is 5. The maximum Gasteiger partial charge on any atom is 0.221 e. The fraction of sp³-hybridized carbons (Fsp3) is 0.214. The van der Waals surface area contributed by atoms with Crippen molar-refractivity contribution < 1.29 is 14.3 Å². The lowest BCUT2D eigenvalue weighted by Gasteiger charge is -2.12. The minimum Gasteiger partial charge on any atom is -0.493 e. The van der Waals surface area contributed by atoms with E-state index in [0.717, 1.165) is 5.56 Å². The molecule has 2 rings (SSSR count). The predicted octanol–water partition coefficient (Wildman–Crippen LogP) is 1.06. The zero-order chi connectivity index (χ0) is 15.4. The molecule has 0 amide bonds. The fourth-order valence-electron chi connectivity index (χ4n) is 2.03. The van der Waals surface area contributed by atoms with Crippen molar-refractivity contribution in [2.45, 2.75) is 6.42 Å². The van der Waals surface area contributed by atoms with Crippen LogP contribution in [0.4, 0.5) is 11.8 Å². The van der Waals surface area contributed by atoms with Gasteiger partial charge in [-0.3, -0.25) is 4.79 Å². The number of aldehydes is 1. The molecule has 4 N–H and O–H groups in total. The van der Waals surface area contributed by atoms with E-state index in [9.17, 15) is 4.79 Å². The Morgan fingerprint density at radius 3 is 2.57 bits per heavy atom. The number of nitrogens with zero attached hydrogens (tertiary/aromatic N) is 2. The molecule has 0 radical (unpaired) electrons. The van der Waals surface area contributed by atoms with Gasteiger partial charge in [-0.1, -0.05) is 0 Å². The largest absolute Gasteiger partial charge is 0.493 e. The quantitative estimate of drug-likeness (QED) is 0.791. The van der Waals surface area contributed by atoms with Gasteiger partial charge in [-0.2, -0.15) is 4.98 Å². The monoisotopic (exact) mass is 288 g/mol. The topological polar surface area (TPSA) is 113 Å². The highest BCUT2D eigenvalue weighted by Crippen LogP contribution is 2.32. The number of methoxy groups -OCH3 is 2. The summed E-state index contributed by atoms with van der Waals surface area (Å²) in [4.78, 5) is 19.0. The summed E-state index contributed by atoms with van der Waals surface area (Å²) < 4.78 is 10.4. The predicted molar refractivity (Wildman–Crippen MR) is 78.6 cm³/mol. The van der Waals surface area contributed by atoms with E-state index in [1.165, 1.54) is 14.2 Å². The van der Waals surface area contributed by atoms with Crippen LogP contribution in [0.2, 0.25) is 0 Å². The van der Waals surface area contributed by atoms with E-state index in [-0.39, 0.29) is 5.95 Å². The van der Waals surface area contributed by atoms with Crippen molar-refractivity contribution in [3.8, 4) is 11.5 Å². The SMILES string of the molecule is COc1cc(Cc2cnc(N)nc2N)cc(C=O)c1OC. The smallest absolute Gasteiger partial charge is 0.221 e. The zero-order valence-corrected chi connectivity index (χ0v) is 11.8. The number of carbonyl (C=O) groups is 1. The fourth-order valence-corrected chi connectivity index (χ4v) is 2.03. The third-order valence-electron chi connectivity index (χ3n) is 3.01. The normalized spacial score (nSPS) is 10.2. The molecular weight excluding hydrogens is 272 g/mol. The number of ether oxygens (including phenoxy) is 2. The summed E-state index contributed by atoms with van der Waals surface area (Å²) in [5, 5.41) is 0. The molecule has 0 unspecified atom stereocenters. The van der Waals surface area contributed by atoms with Gasteiger partial charge in [0.05, 0.1) is 19.8 Å². The molecule has 110 valence electrons. The lowest BCUT2D eigenvalue weighted by molar-refractivity contribution is 0.112. The van der Waals surface area contributed by atoms with Crippen LogP contribution < -0.4 is 20.9 Å². The third kappa shape index (κ3) is 3.02. The molecule has 0 bridgehead atoms. The van der Waals surface area contributed by atoms with E-state index in [4.69, 9.17) is 20.9 Å². The van der Waals surface area contributed by atoms with Gasteiger partial charge in [-0.15, -0.1) is 0 Å². The van der Waals surface area contributed by atoms with E-state index in [1.54, 1.807) is 18.3 Å². The maximum absolute atomic E-state index is 11.2. The molecule has 0 aliphatic carbocycles. The lowest BCUT2D eigenvalue weighted by Crippen LogP contribution is -2.05. The van der Waals surface area contributed by atoms with Gasteiger partial charge in [-0.25, -0.2) is 4.98 Å². The van der Waals surface area contributed by atoms with Crippen molar-refractivity contribution in [1.29, 1.82) is 0 Å². The van der Waals surface area contributed by atoms with Crippen LogP contribution in [0.5, 0.6) is 11.5 Å². The molecule has 2 aromatic rings. The lowest BCUT2D eigenvalue weighted by atomic mass is 10.0. The molecule has 0 spiro atoms. The summed E-state index contributed by atoms with van der Waals surface area (Å²) in [7, 11) is 2.99. The van der Waals surface area contributed by atoms with Crippen molar-refractivity contribution in [2.75, 3.05) is 25.7 Å². The first kappa shape index (κ1) is 14.6. The Labute approximate surface area is 121 Å². The first-order chi connectivity index (χ1) is 10.1. The molecule has 1 aromatic heterocycles. The molecule has 1 aromatic carbocycles. The highest BCUT2D eigenvalue weighted by atomic mass is 16.5. The Morgan fingerprint density at radius 1 is 1.24 bits per heavy atom. The average molecular weight is 288 g/mol. The number of hydrogen-bond acceptors (Lipinski definition) is 7. The first-order valence-corrected chi connectivity index (χ1v) is 6.16. The standard InChI is InChI=1S/C14H16N4O3/c1-20-11-5-8(4-10(7-19)12(11)21-2)3-9-6-17-14(16)18-13(9)15/h4-7H,3H2,1-2H3,(H4,15,16,17,18). The van der Waals surface area contributed by atoms with E-state index in [2.05, 4.69) is 9.97 Å².